The zero-order valence-corrected chi connectivity index (χ0v) is 12.2. The van der Waals surface area contributed by atoms with Crippen LogP contribution < -0.4 is 5.48 Å². The van der Waals surface area contributed by atoms with Gasteiger partial charge in [-0.3, -0.25) is 14.8 Å². The lowest BCUT2D eigenvalue weighted by Gasteiger charge is -2.43. The smallest absolute Gasteiger partial charge is 0.274 e. The lowest BCUT2D eigenvalue weighted by Crippen LogP contribution is -2.49. The highest BCUT2D eigenvalue weighted by Gasteiger charge is 2.44. The maximum Gasteiger partial charge on any atom is 0.274 e. The number of piperidine rings is 1. The van der Waals surface area contributed by atoms with Crippen LogP contribution in [0.15, 0.2) is 18.2 Å². The molecule has 5 nitrogen and oxygen atoms in total. The van der Waals surface area contributed by atoms with E-state index in [-0.39, 0.29) is 11.3 Å². The summed E-state index contributed by atoms with van der Waals surface area (Å²) in [6.07, 6.45) is 4.42. The first kappa shape index (κ1) is 14.1. The molecule has 0 bridgehead atoms. The van der Waals surface area contributed by atoms with E-state index in [1.807, 2.05) is 24.1 Å². The summed E-state index contributed by atoms with van der Waals surface area (Å²) < 4.78 is 0. The van der Waals surface area contributed by atoms with Gasteiger partial charge in [-0.15, -0.1) is 0 Å². The number of rotatable bonds is 1. The average Bonchev–Trinajstić information content (AvgIpc) is 2.51. The van der Waals surface area contributed by atoms with E-state index in [0.29, 0.717) is 5.56 Å². The van der Waals surface area contributed by atoms with Gasteiger partial charge in [0.1, 0.15) is 0 Å². The highest BCUT2D eigenvalue weighted by molar-refractivity contribution is 5.93. The number of aryl methyl sites for hydroxylation is 1. The Morgan fingerprint density at radius 1 is 1.33 bits per heavy atom. The summed E-state index contributed by atoms with van der Waals surface area (Å²) >= 11 is 0. The van der Waals surface area contributed by atoms with Crippen LogP contribution in [0.4, 0.5) is 0 Å². The van der Waals surface area contributed by atoms with Crippen LogP contribution in [-0.2, 0) is 17.6 Å². The number of nitrogens with one attached hydrogen (secondary N) is 1. The van der Waals surface area contributed by atoms with Crippen molar-refractivity contribution in [1.29, 1.82) is 0 Å². The van der Waals surface area contributed by atoms with Crippen LogP contribution >= 0.6 is 0 Å². The van der Waals surface area contributed by atoms with Crippen molar-refractivity contribution in [2.75, 3.05) is 13.6 Å². The molecule has 0 saturated carbocycles. The monoisotopic (exact) mass is 288 g/mol. The first-order chi connectivity index (χ1) is 10.1. The number of amides is 2. The minimum absolute atomic E-state index is 0.249. The fourth-order valence-electron chi connectivity index (χ4n) is 3.73. The number of likely N-dealkylation sites (tertiary alicyclic amines) is 1. The van der Waals surface area contributed by atoms with Crippen molar-refractivity contribution in [3.05, 3.63) is 34.9 Å². The van der Waals surface area contributed by atoms with Crippen molar-refractivity contribution in [1.82, 2.24) is 10.4 Å². The molecule has 1 heterocycles. The van der Waals surface area contributed by atoms with E-state index in [0.717, 1.165) is 49.8 Å². The zero-order valence-electron chi connectivity index (χ0n) is 12.2. The first-order valence-electron chi connectivity index (χ1n) is 7.37. The third-order valence-electron chi connectivity index (χ3n) is 4.92. The van der Waals surface area contributed by atoms with E-state index in [4.69, 9.17) is 5.21 Å². The third kappa shape index (κ3) is 2.31. The number of hydrogen-bond donors (Lipinski definition) is 2. The molecule has 1 atom stereocenters. The summed E-state index contributed by atoms with van der Waals surface area (Å²) in [5, 5.41) is 8.71. The van der Waals surface area contributed by atoms with Gasteiger partial charge in [-0.1, -0.05) is 6.07 Å². The van der Waals surface area contributed by atoms with E-state index >= 15 is 0 Å². The summed E-state index contributed by atoms with van der Waals surface area (Å²) in [6.45, 7) is 0.850. The maximum absolute atomic E-state index is 12.6. The van der Waals surface area contributed by atoms with E-state index in [2.05, 4.69) is 0 Å². The Labute approximate surface area is 123 Å². The second-order valence-corrected chi connectivity index (χ2v) is 6.21. The fourth-order valence-corrected chi connectivity index (χ4v) is 3.73. The summed E-state index contributed by atoms with van der Waals surface area (Å²) in [4.78, 5) is 25.9. The van der Waals surface area contributed by atoms with Crippen LogP contribution in [-0.4, -0.2) is 35.5 Å². The fraction of sp³-hybridized carbons (Fsp3) is 0.500. The van der Waals surface area contributed by atoms with E-state index < -0.39 is 5.91 Å². The van der Waals surface area contributed by atoms with Crippen molar-refractivity contribution in [2.24, 2.45) is 5.41 Å². The van der Waals surface area contributed by atoms with Crippen LogP contribution in [0.5, 0.6) is 0 Å². The van der Waals surface area contributed by atoms with Crippen molar-refractivity contribution < 1.29 is 14.8 Å². The molecule has 1 aromatic carbocycles. The highest BCUT2D eigenvalue weighted by atomic mass is 16.5. The van der Waals surface area contributed by atoms with Gasteiger partial charge < -0.3 is 4.90 Å². The third-order valence-corrected chi connectivity index (χ3v) is 4.92. The van der Waals surface area contributed by atoms with Gasteiger partial charge in [0, 0.05) is 19.2 Å². The molecule has 1 aromatic rings. The van der Waals surface area contributed by atoms with Crippen LogP contribution in [0.3, 0.4) is 0 Å². The SMILES string of the molecule is CN1CCCC2(CCc3cc(C(=O)NO)ccc3C2)C1=O. The Hall–Kier alpha value is -1.88. The number of benzene rings is 1. The Morgan fingerprint density at radius 3 is 2.90 bits per heavy atom. The molecule has 5 heteroatoms. The first-order valence-corrected chi connectivity index (χ1v) is 7.37. The Morgan fingerprint density at radius 2 is 2.14 bits per heavy atom. The van der Waals surface area contributed by atoms with Gasteiger partial charge in [0.2, 0.25) is 5.91 Å². The molecule has 0 aromatic heterocycles. The van der Waals surface area contributed by atoms with E-state index in [1.54, 1.807) is 11.5 Å². The molecule has 1 unspecified atom stereocenters. The predicted octanol–water partition coefficient (Wildman–Crippen LogP) is 1.53. The van der Waals surface area contributed by atoms with Crippen LogP contribution in [0.2, 0.25) is 0 Å². The number of hydroxylamine groups is 1. The molecule has 3 rings (SSSR count). The molecule has 112 valence electrons. The van der Waals surface area contributed by atoms with Crippen LogP contribution in [0.1, 0.15) is 40.7 Å². The predicted molar refractivity (Wildman–Crippen MR) is 77.0 cm³/mol. The topological polar surface area (TPSA) is 69.6 Å². The van der Waals surface area contributed by atoms with Crippen LogP contribution in [0.25, 0.3) is 0 Å². The Balaban J connectivity index is 1.89. The number of carbonyl (C=O) groups is 2. The van der Waals surface area contributed by atoms with Crippen molar-refractivity contribution >= 4 is 11.8 Å². The number of carbonyl (C=O) groups excluding carboxylic acids is 2. The molecule has 2 N–H and O–H groups in total. The number of nitrogens with zero attached hydrogens (tertiary/aromatic N) is 1. The zero-order chi connectivity index (χ0) is 15.0. The summed E-state index contributed by atoms with van der Waals surface area (Å²) in [6, 6.07) is 5.45. The van der Waals surface area contributed by atoms with E-state index in [1.165, 1.54) is 0 Å². The van der Waals surface area contributed by atoms with Gasteiger partial charge in [-0.2, -0.15) is 0 Å². The minimum atomic E-state index is -0.494. The molecule has 1 spiro atoms. The Bertz CT molecular complexity index is 599. The molecule has 2 amide bonds. The van der Waals surface area contributed by atoms with Gasteiger partial charge in [-0.05, 0) is 55.4 Å². The van der Waals surface area contributed by atoms with Crippen molar-refractivity contribution in [2.45, 2.75) is 32.1 Å². The molecule has 21 heavy (non-hydrogen) atoms. The molecule has 2 aliphatic rings. The van der Waals surface area contributed by atoms with Gasteiger partial charge in [0.15, 0.2) is 0 Å². The minimum Gasteiger partial charge on any atom is -0.345 e. The normalized spacial score (nSPS) is 24.9. The second-order valence-electron chi connectivity index (χ2n) is 6.21. The summed E-state index contributed by atoms with van der Waals surface area (Å²) in [7, 11) is 1.88. The standard InChI is InChI=1S/C16H20N2O3/c1-18-8-2-6-16(15(18)20)7-5-11-9-12(14(19)17-21)3-4-13(11)10-16/h3-4,9,21H,2,5-8,10H2,1H3,(H,17,19). The lowest BCUT2D eigenvalue weighted by atomic mass is 9.66. The molecular weight excluding hydrogens is 268 g/mol. The van der Waals surface area contributed by atoms with Gasteiger partial charge >= 0.3 is 0 Å². The van der Waals surface area contributed by atoms with Gasteiger partial charge in [0.25, 0.3) is 5.91 Å². The van der Waals surface area contributed by atoms with Crippen LogP contribution in [0, 0.1) is 5.41 Å². The molecule has 1 fully saturated rings. The lowest BCUT2D eigenvalue weighted by molar-refractivity contribution is -0.145. The van der Waals surface area contributed by atoms with Gasteiger partial charge in [0.05, 0.1) is 5.41 Å². The largest absolute Gasteiger partial charge is 0.345 e. The van der Waals surface area contributed by atoms with Crippen molar-refractivity contribution in [3.63, 3.8) is 0 Å². The Kier molecular flexibility index (Phi) is 3.45. The molecule has 1 aliphatic carbocycles. The molecular formula is C16H20N2O3. The molecule has 1 aliphatic heterocycles. The van der Waals surface area contributed by atoms with E-state index in [9.17, 15) is 9.59 Å². The van der Waals surface area contributed by atoms with Gasteiger partial charge in [-0.25, -0.2) is 5.48 Å². The number of hydrogen-bond acceptors (Lipinski definition) is 3. The molecule has 1 saturated heterocycles. The maximum atomic E-state index is 12.6. The summed E-state index contributed by atoms with van der Waals surface area (Å²) in [5.41, 5.74) is 4.13. The summed E-state index contributed by atoms with van der Waals surface area (Å²) in [5.74, 6) is -0.233. The quantitative estimate of drug-likeness (QED) is 0.608. The molecule has 0 radical (unpaired) electrons. The average molecular weight is 288 g/mol. The highest BCUT2D eigenvalue weighted by Crippen LogP contribution is 2.42. The number of fused-ring (bicyclic) bond motifs is 1. The van der Waals surface area contributed by atoms with Crippen molar-refractivity contribution in [3.8, 4) is 0 Å². The second kappa shape index (κ2) is 5.15.